The Morgan fingerprint density at radius 1 is 1.27 bits per heavy atom. The molecule has 2 aliphatic rings. The van der Waals surface area contributed by atoms with Crippen LogP contribution in [0.2, 0.25) is 0 Å². The second-order valence-corrected chi connectivity index (χ2v) is 6.66. The molecule has 15 heavy (non-hydrogen) atoms. The summed E-state index contributed by atoms with van der Waals surface area (Å²) >= 11 is 0. The van der Waals surface area contributed by atoms with E-state index in [0.717, 1.165) is 22.7 Å². The van der Waals surface area contributed by atoms with Crippen LogP contribution in [0.5, 0.6) is 0 Å². The maximum absolute atomic E-state index is 2.57. The lowest BCUT2D eigenvalue weighted by Crippen LogP contribution is -2.13. The standard InChI is InChI=1S/C15H28/c1-5-8-15-9-7-13(6-2)12(3)10-14(15,4)11-15/h12-13H,5-11H2,1-4H3. The Morgan fingerprint density at radius 2 is 2.00 bits per heavy atom. The van der Waals surface area contributed by atoms with E-state index < -0.39 is 0 Å². The van der Waals surface area contributed by atoms with Gasteiger partial charge in [-0.25, -0.2) is 0 Å². The van der Waals surface area contributed by atoms with Crippen molar-refractivity contribution in [3.8, 4) is 0 Å². The summed E-state index contributed by atoms with van der Waals surface area (Å²) in [6.45, 7) is 9.81. The third-order valence-corrected chi connectivity index (χ3v) is 5.71. The molecule has 0 aromatic carbocycles. The molecule has 0 heterocycles. The maximum Gasteiger partial charge on any atom is -0.0238 e. The van der Waals surface area contributed by atoms with Crippen LogP contribution in [0.15, 0.2) is 0 Å². The summed E-state index contributed by atoms with van der Waals surface area (Å²) < 4.78 is 0. The average Bonchev–Trinajstić information content (AvgIpc) is 2.72. The average molecular weight is 208 g/mol. The van der Waals surface area contributed by atoms with Gasteiger partial charge < -0.3 is 0 Å². The van der Waals surface area contributed by atoms with Gasteiger partial charge in [0.05, 0.1) is 0 Å². The van der Waals surface area contributed by atoms with Crippen LogP contribution in [0.1, 0.15) is 72.6 Å². The van der Waals surface area contributed by atoms with E-state index in [1.54, 1.807) is 0 Å². The van der Waals surface area contributed by atoms with Crippen molar-refractivity contribution >= 4 is 0 Å². The number of hydrogen-bond donors (Lipinski definition) is 0. The Balaban J connectivity index is 2.08. The molecule has 4 unspecified atom stereocenters. The summed E-state index contributed by atoms with van der Waals surface area (Å²) in [7, 11) is 0. The molecule has 0 aliphatic heterocycles. The molecular weight excluding hydrogens is 180 g/mol. The van der Waals surface area contributed by atoms with Crippen LogP contribution in [0, 0.1) is 22.7 Å². The Kier molecular flexibility index (Phi) is 2.90. The van der Waals surface area contributed by atoms with Gasteiger partial charge in [0.1, 0.15) is 0 Å². The van der Waals surface area contributed by atoms with E-state index in [-0.39, 0.29) is 0 Å². The highest BCUT2D eigenvalue weighted by Gasteiger charge is 2.63. The van der Waals surface area contributed by atoms with Crippen LogP contribution < -0.4 is 0 Å². The van der Waals surface area contributed by atoms with Crippen molar-refractivity contribution < 1.29 is 0 Å². The minimum absolute atomic E-state index is 0.729. The van der Waals surface area contributed by atoms with Crippen LogP contribution in [-0.4, -0.2) is 0 Å². The van der Waals surface area contributed by atoms with E-state index >= 15 is 0 Å². The summed E-state index contributed by atoms with van der Waals surface area (Å²) in [4.78, 5) is 0. The molecular formula is C15H28. The summed E-state index contributed by atoms with van der Waals surface area (Å²) in [6.07, 6.45) is 10.4. The van der Waals surface area contributed by atoms with Gasteiger partial charge in [-0.2, -0.15) is 0 Å². The predicted molar refractivity (Wildman–Crippen MR) is 66.9 cm³/mol. The fourth-order valence-corrected chi connectivity index (χ4v) is 4.61. The third-order valence-electron chi connectivity index (χ3n) is 5.71. The van der Waals surface area contributed by atoms with E-state index in [2.05, 4.69) is 27.7 Å². The Morgan fingerprint density at radius 3 is 2.60 bits per heavy atom. The number of rotatable bonds is 3. The molecule has 2 fully saturated rings. The first-order chi connectivity index (χ1) is 7.07. The van der Waals surface area contributed by atoms with Crippen molar-refractivity contribution in [3.63, 3.8) is 0 Å². The zero-order valence-electron chi connectivity index (χ0n) is 11.1. The van der Waals surface area contributed by atoms with Crippen molar-refractivity contribution in [3.05, 3.63) is 0 Å². The molecule has 0 amide bonds. The third kappa shape index (κ3) is 1.74. The normalized spacial score (nSPS) is 49.6. The van der Waals surface area contributed by atoms with Gasteiger partial charge in [0, 0.05) is 0 Å². The van der Waals surface area contributed by atoms with Gasteiger partial charge in [-0.1, -0.05) is 40.5 Å². The summed E-state index contributed by atoms with van der Waals surface area (Å²) in [6, 6.07) is 0. The van der Waals surface area contributed by atoms with E-state index in [0.29, 0.717) is 0 Å². The van der Waals surface area contributed by atoms with Crippen molar-refractivity contribution in [2.24, 2.45) is 22.7 Å². The lowest BCUT2D eigenvalue weighted by Gasteiger charge is -2.22. The minimum Gasteiger partial charge on any atom is -0.0654 e. The van der Waals surface area contributed by atoms with Gasteiger partial charge in [0.2, 0.25) is 0 Å². The molecule has 2 rings (SSSR count). The number of fused-ring (bicyclic) bond motifs is 1. The first kappa shape index (κ1) is 11.5. The SMILES string of the molecule is CCCC12CCC(CC)C(C)CC1(C)C2. The van der Waals surface area contributed by atoms with Gasteiger partial charge in [-0.15, -0.1) is 0 Å². The predicted octanol–water partition coefficient (Wildman–Crippen LogP) is 5.03. The second-order valence-electron chi connectivity index (χ2n) is 6.66. The molecule has 0 bridgehead atoms. The fourth-order valence-electron chi connectivity index (χ4n) is 4.61. The minimum atomic E-state index is 0.729. The highest BCUT2D eigenvalue weighted by Crippen LogP contribution is 2.73. The topological polar surface area (TPSA) is 0 Å². The van der Waals surface area contributed by atoms with Crippen LogP contribution >= 0.6 is 0 Å². The maximum atomic E-state index is 2.57. The van der Waals surface area contributed by atoms with Crippen LogP contribution in [0.3, 0.4) is 0 Å². The zero-order valence-corrected chi connectivity index (χ0v) is 11.1. The van der Waals surface area contributed by atoms with Crippen molar-refractivity contribution in [2.45, 2.75) is 72.6 Å². The first-order valence-corrected chi connectivity index (χ1v) is 7.07. The van der Waals surface area contributed by atoms with Crippen molar-refractivity contribution in [1.82, 2.24) is 0 Å². The summed E-state index contributed by atoms with van der Waals surface area (Å²) in [5, 5.41) is 0. The van der Waals surface area contributed by atoms with Crippen LogP contribution in [0.4, 0.5) is 0 Å². The summed E-state index contributed by atoms with van der Waals surface area (Å²) in [5.74, 6) is 1.99. The largest absolute Gasteiger partial charge is 0.0654 e. The zero-order chi connectivity index (χ0) is 11.1. The van der Waals surface area contributed by atoms with Crippen LogP contribution in [-0.2, 0) is 0 Å². The fraction of sp³-hybridized carbons (Fsp3) is 1.00. The monoisotopic (exact) mass is 208 g/mol. The molecule has 0 aromatic heterocycles. The molecule has 4 atom stereocenters. The van der Waals surface area contributed by atoms with Gasteiger partial charge in [-0.3, -0.25) is 0 Å². The molecule has 0 saturated heterocycles. The van der Waals surface area contributed by atoms with Gasteiger partial charge in [0.15, 0.2) is 0 Å². The highest BCUT2D eigenvalue weighted by atomic mass is 14.7. The van der Waals surface area contributed by atoms with Crippen molar-refractivity contribution in [2.75, 3.05) is 0 Å². The highest BCUT2D eigenvalue weighted by molar-refractivity contribution is 5.13. The smallest absolute Gasteiger partial charge is 0.0238 e. The molecule has 0 radical (unpaired) electrons. The first-order valence-electron chi connectivity index (χ1n) is 7.07. The summed E-state index contributed by atoms with van der Waals surface area (Å²) in [5.41, 5.74) is 1.51. The van der Waals surface area contributed by atoms with Crippen LogP contribution in [0.25, 0.3) is 0 Å². The lowest BCUT2D eigenvalue weighted by atomic mass is 9.83. The molecule has 88 valence electrons. The lowest BCUT2D eigenvalue weighted by molar-refractivity contribution is 0.279. The van der Waals surface area contributed by atoms with Gasteiger partial charge in [0.25, 0.3) is 0 Å². The molecule has 0 spiro atoms. The Hall–Kier alpha value is 0. The molecule has 0 nitrogen and oxygen atoms in total. The number of hydrogen-bond acceptors (Lipinski definition) is 0. The van der Waals surface area contributed by atoms with E-state index in [1.165, 1.54) is 44.9 Å². The molecule has 0 aromatic rings. The van der Waals surface area contributed by atoms with E-state index in [1.807, 2.05) is 0 Å². The van der Waals surface area contributed by atoms with E-state index in [9.17, 15) is 0 Å². The van der Waals surface area contributed by atoms with E-state index in [4.69, 9.17) is 0 Å². The van der Waals surface area contributed by atoms with Gasteiger partial charge in [-0.05, 0) is 54.8 Å². The van der Waals surface area contributed by atoms with Crippen molar-refractivity contribution in [1.29, 1.82) is 0 Å². The molecule has 2 saturated carbocycles. The second kappa shape index (κ2) is 3.79. The Labute approximate surface area is 95.8 Å². The molecule has 0 N–H and O–H groups in total. The Bertz CT molecular complexity index is 232. The quantitative estimate of drug-likeness (QED) is 0.610. The molecule has 2 aliphatic carbocycles. The van der Waals surface area contributed by atoms with Gasteiger partial charge >= 0.3 is 0 Å². The molecule has 0 heteroatoms.